The van der Waals surface area contributed by atoms with E-state index in [1.807, 2.05) is 61.9 Å². The third-order valence-electron chi connectivity index (χ3n) is 3.57. The highest BCUT2D eigenvalue weighted by atomic mass is 32.1. The van der Waals surface area contributed by atoms with Gasteiger partial charge in [0.05, 0.1) is 0 Å². The van der Waals surface area contributed by atoms with Crippen LogP contribution >= 0.6 is 12.2 Å². The van der Waals surface area contributed by atoms with Gasteiger partial charge in [0, 0.05) is 31.4 Å². The molecule has 20 heavy (non-hydrogen) atoms. The zero-order valence-electron chi connectivity index (χ0n) is 12.6. The van der Waals surface area contributed by atoms with E-state index in [4.69, 9.17) is 18.0 Å². The summed E-state index contributed by atoms with van der Waals surface area (Å²) in [6, 6.07) is 7.41. The first-order valence-corrected chi connectivity index (χ1v) is 7.24. The Balaban J connectivity index is 2.85. The highest BCUT2D eigenvalue weighted by Gasteiger charge is 2.22. The second-order valence-electron chi connectivity index (χ2n) is 4.71. The van der Waals surface area contributed by atoms with Gasteiger partial charge in [0.15, 0.2) is 0 Å². The molecule has 1 unspecified atom stereocenters. The largest absolute Gasteiger partial charge is 0.389 e. The number of thiocarbonyl (C=S) groups is 1. The number of rotatable bonds is 6. The van der Waals surface area contributed by atoms with Crippen LogP contribution < -0.4 is 10.6 Å². The SMILES string of the molecule is CCN(CC)C(=O)C(C)N(C)c1ccc(C(N)=S)cc1. The van der Waals surface area contributed by atoms with Crippen molar-refractivity contribution in [2.45, 2.75) is 26.8 Å². The van der Waals surface area contributed by atoms with Gasteiger partial charge in [0.2, 0.25) is 5.91 Å². The van der Waals surface area contributed by atoms with Crippen LogP contribution in [0.25, 0.3) is 0 Å². The van der Waals surface area contributed by atoms with E-state index in [2.05, 4.69) is 0 Å². The Hall–Kier alpha value is -1.62. The van der Waals surface area contributed by atoms with Crippen LogP contribution in [0.1, 0.15) is 26.3 Å². The van der Waals surface area contributed by atoms with Gasteiger partial charge in [-0.15, -0.1) is 0 Å². The summed E-state index contributed by atoms with van der Waals surface area (Å²) in [4.78, 5) is 16.5. The second kappa shape index (κ2) is 7.24. The highest BCUT2D eigenvalue weighted by molar-refractivity contribution is 7.80. The zero-order chi connectivity index (χ0) is 15.3. The van der Waals surface area contributed by atoms with Crippen LogP contribution in [-0.4, -0.2) is 42.0 Å². The minimum Gasteiger partial charge on any atom is -0.389 e. The van der Waals surface area contributed by atoms with Crippen LogP contribution in [0.2, 0.25) is 0 Å². The number of carbonyl (C=O) groups is 1. The number of nitrogens with zero attached hydrogens (tertiary/aromatic N) is 2. The summed E-state index contributed by atoms with van der Waals surface area (Å²) in [5, 5.41) is 0. The molecule has 0 heterocycles. The van der Waals surface area contributed by atoms with Crippen molar-refractivity contribution in [3.63, 3.8) is 0 Å². The number of hydrogen-bond donors (Lipinski definition) is 1. The second-order valence-corrected chi connectivity index (χ2v) is 5.15. The maximum absolute atomic E-state index is 12.3. The van der Waals surface area contributed by atoms with Crippen LogP contribution in [0.3, 0.4) is 0 Å². The lowest BCUT2D eigenvalue weighted by molar-refractivity contribution is -0.131. The molecule has 0 aromatic heterocycles. The Kier molecular flexibility index (Phi) is 5.95. The summed E-state index contributed by atoms with van der Waals surface area (Å²) in [5.74, 6) is 0.135. The average molecular weight is 293 g/mol. The predicted octanol–water partition coefficient (Wildman–Crippen LogP) is 2.01. The molecular weight excluding hydrogens is 270 g/mol. The Labute approximate surface area is 126 Å². The maximum Gasteiger partial charge on any atom is 0.244 e. The fourth-order valence-electron chi connectivity index (χ4n) is 2.05. The summed E-state index contributed by atoms with van der Waals surface area (Å²) in [6.07, 6.45) is 0. The van der Waals surface area contributed by atoms with Crippen LogP contribution in [0, 0.1) is 0 Å². The molecule has 0 saturated heterocycles. The van der Waals surface area contributed by atoms with Gasteiger partial charge in [-0.1, -0.05) is 12.2 Å². The van der Waals surface area contributed by atoms with Gasteiger partial charge in [-0.25, -0.2) is 0 Å². The van der Waals surface area contributed by atoms with Gasteiger partial charge < -0.3 is 15.5 Å². The van der Waals surface area contributed by atoms with Crippen LogP contribution in [0.5, 0.6) is 0 Å². The molecule has 4 nitrogen and oxygen atoms in total. The van der Waals surface area contributed by atoms with E-state index in [0.717, 1.165) is 24.3 Å². The summed E-state index contributed by atoms with van der Waals surface area (Å²) in [5.41, 5.74) is 7.38. The zero-order valence-corrected chi connectivity index (χ0v) is 13.4. The third kappa shape index (κ3) is 3.70. The number of anilines is 1. The van der Waals surface area contributed by atoms with Crippen molar-refractivity contribution in [1.82, 2.24) is 4.90 Å². The molecule has 1 aromatic rings. The van der Waals surface area contributed by atoms with E-state index in [9.17, 15) is 4.79 Å². The molecule has 0 bridgehead atoms. The number of amides is 1. The number of hydrogen-bond acceptors (Lipinski definition) is 3. The highest BCUT2D eigenvalue weighted by Crippen LogP contribution is 2.17. The van der Waals surface area contributed by atoms with E-state index in [1.54, 1.807) is 0 Å². The van der Waals surface area contributed by atoms with E-state index >= 15 is 0 Å². The minimum absolute atomic E-state index is 0.135. The van der Waals surface area contributed by atoms with Crippen molar-refractivity contribution in [2.75, 3.05) is 25.0 Å². The van der Waals surface area contributed by atoms with Gasteiger partial charge in [-0.2, -0.15) is 0 Å². The fourth-order valence-corrected chi connectivity index (χ4v) is 2.19. The molecule has 1 atom stereocenters. The Bertz CT molecular complexity index is 469. The molecule has 0 aliphatic rings. The Morgan fingerprint density at radius 1 is 1.25 bits per heavy atom. The molecule has 1 aromatic carbocycles. The van der Waals surface area contributed by atoms with Crippen LogP contribution in [-0.2, 0) is 4.79 Å². The molecule has 110 valence electrons. The molecule has 0 aliphatic carbocycles. The molecular formula is C15H23N3OS. The lowest BCUT2D eigenvalue weighted by Gasteiger charge is -2.30. The number of likely N-dealkylation sites (N-methyl/N-ethyl adjacent to an activating group) is 2. The van der Waals surface area contributed by atoms with Crippen LogP contribution in [0.15, 0.2) is 24.3 Å². The van der Waals surface area contributed by atoms with Crippen molar-refractivity contribution in [3.05, 3.63) is 29.8 Å². The quantitative estimate of drug-likeness (QED) is 0.815. The van der Waals surface area contributed by atoms with Crippen molar-refractivity contribution in [1.29, 1.82) is 0 Å². The van der Waals surface area contributed by atoms with Crippen molar-refractivity contribution in [3.8, 4) is 0 Å². The fraction of sp³-hybridized carbons (Fsp3) is 0.467. The van der Waals surface area contributed by atoms with Crippen LogP contribution in [0.4, 0.5) is 5.69 Å². The smallest absolute Gasteiger partial charge is 0.244 e. The molecule has 0 aliphatic heterocycles. The van der Waals surface area contributed by atoms with Gasteiger partial charge in [-0.3, -0.25) is 4.79 Å². The normalized spacial score (nSPS) is 11.8. The van der Waals surface area contributed by atoms with E-state index in [0.29, 0.717) is 4.99 Å². The first-order chi connectivity index (χ1) is 9.42. The first-order valence-electron chi connectivity index (χ1n) is 6.83. The van der Waals surface area contributed by atoms with E-state index in [-0.39, 0.29) is 11.9 Å². The standard InChI is InChI=1S/C15H23N3OS/c1-5-18(6-2)15(19)11(3)17(4)13-9-7-12(8-10-13)14(16)20/h7-11H,5-6H2,1-4H3,(H2,16,20). The molecule has 1 amide bonds. The van der Waals surface area contributed by atoms with Gasteiger partial charge in [-0.05, 0) is 45.0 Å². The van der Waals surface area contributed by atoms with Gasteiger partial charge >= 0.3 is 0 Å². The van der Waals surface area contributed by atoms with Crippen molar-refractivity contribution >= 4 is 28.8 Å². The number of nitrogens with two attached hydrogens (primary N) is 1. The molecule has 1 rings (SSSR count). The number of benzene rings is 1. The molecule has 0 spiro atoms. The molecule has 5 heteroatoms. The van der Waals surface area contributed by atoms with E-state index in [1.165, 1.54) is 0 Å². The van der Waals surface area contributed by atoms with Crippen molar-refractivity contribution in [2.24, 2.45) is 5.73 Å². The minimum atomic E-state index is -0.203. The summed E-state index contributed by atoms with van der Waals surface area (Å²) < 4.78 is 0. The first kappa shape index (κ1) is 16.4. The Morgan fingerprint density at radius 3 is 2.15 bits per heavy atom. The van der Waals surface area contributed by atoms with Gasteiger partial charge in [0.1, 0.15) is 11.0 Å². The predicted molar refractivity (Wildman–Crippen MR) is 88.1 cm³/mol. The monoisotopic (exact) mass is 293 g/mol. The summed E-state index contributed by atoms with van der Waals surface area (Å²) >= 11 is 4.93. The molecule has 2 N–H and O–H groups in total. The Morgan fingerprint density at radius 2 is 1.75 bits per heavy atom. The average Bonchev–Trinajstić information content (AvgIpc) is 2.46. The lowest BCUT2D eigenvalue weighted by Crippen LogP contribution is -2.45. The van der Waals surface area contributed by atoms with Gasteiger partial charge in [0.25, 0.3) is 0 Å². The number of carbonyl (C=O) groups excluding carboxylic acids is 1. The topological polar surface area (TPSA) is 49.6 Å². The molecule has 0 saturated carbocycles. The molecule has 0 radical (unpaired) electrons. The third-order valence-corrected chi connectivity index (χ3v) is 3.81. The van der Waals surface area contributed by atoms with E-state index < -0.39 is 0 Å². The summed E-state index contributed by atoms with van der Waals surface area (Å²) in [7, 11) is 1.92. The lowest BCUT2D eigenvalue weighted by atomic mass is 10.1. The van der Waals surface area contributed by atoms with Crippen molar-refractivity contribution < 1.29 is 4.79 Å². The molecule has 0 fully saturated rings. The maximum atomic E-state index is 12.3. The summed E-state index contributed by atoms with van der Waals surface area (Å²) in [6.45, 7) is 7.36.